The minimum Gasteiger partial charge on any atom is -0.250 e. The summed E-state index contributed by atoms with van der Waals surface area (Å²) in [7, 11) is 0. The van der Waals surface area contributed by atoms with Crippen LogP contribution in [-0.4, -0.2) is 6.67 Å². The molecule has 90 valence electrons. The first-order valence-electron chi connectivity index (χ1n) is 5.85. The number of halogens is 1. The average Bonchev–Trinajstić information content (AvgIpc) is 2.15. The summed E-state index contributed by atoms with van der Waals surface area (Å²) in [6.07, 6.45) is 0. The minimum absolute atomic E-state index is 0.118. The summed E-state index contributed by atoms with van der Waals surface area (Å²) in [5.74, 6) is 0. The third kappa shape index (κ3) is 2.84. The molecule has 0 fully saturated rings. The van der Waals surface area contributed by atoms with Gasteiger partial charge in [-0.3, -0.25) is 4.39 Å². The Bertz CT molecular complexity index is 370. The van der Waals surface area contributed by atoms with Gasteiger partial charge in [0.25, 0.3) is 0 Å². The standard InChI is InChI=1S/C15H23F/c1-11-7-12(14(2,3)4)9-13(8-11)15(5,6)10-16/h7-9H,10H2,1-6H3. The highest BCUT2D eigenvalue weighted by Gasteiger charge is 2.23. The smallest absolute Gasteiger partial charge is 0.0985 e. The summed E-state index contributed by atoms with van der Waals surface area (Å²) in [5.41, 5.74) is 3.33. The Morgan fingerprint density at radius 3 is 1.88 bits per heavy atom. The molecule has 0 spiro atoms. The van der Waals surface area contributed by atoms with E-state index in [2.05, 4.69) is 45.9 Å². The van der Waals surface area contributed by atoms with Crippen molar-refractivity contribution in [3.05, 3.63) is 34.9 Å². The highest BCUT2D eigenvalue weighted by Crippen LogP contribution is 2.30. The summed E-state index contributed by atoms with van der Waals surface area (Å²) in [5, 5.41) is 0. The molecule has 0 saturated heterocycles. The third-order valence-corrected chi connectivity index (χ3v) is 3.06. The van der Waals surface area contributed by atoms with Crippen molar-refractivity contribution in [2.75, 3.05) is 6.67 Å². The second-order valence-corrected chi connectivity index (χ2v) is 6.36. The molecule has 0 amide bonds. The Morgan fingerprint density at radius 2 is 1.44 bits per heavy atom. The van der Waals surface area contributed by atoms with Gasteiger partial charge in [0.1, 0.15) is 0 Å². The van der Waals surface area contributed by atoms with E-state index in [0.29, 0.717) is 0 Å². The molecule has 0 unspecified atom stereocenters. The predicted molar refractivity (Wildman–Crippen MR) is 68.9 cm³/mol. The molecule has 0 bridgehead atoms. The fourth-order valence-corrected chi connectivity index (χ4v) is 1.68. The first-order chi connectivity index (χ1) is 7.16. The number of rotatable bonds is 2. The normalized spacial score (nSPS) is 12.9. The van der Waals surface area contributed by atoms with E-state index in [-0.39, 0.29) is 17.5 Å². The number of aryl methyl sites for hydroxylation is 1. The van der Waals surface area contributed by atoms with Gasteiger partial charge in [-0.2, -0.15) is 0 Å². The zero-order valence-corrected chi connectivity index (χ0v) is 11.3. The van der Waals surface area contributed by atoms with Gasteiger partial charge < -0.3 is 0 Å². The highest BCUT2D eigenvalue weighted by atomic mass is 19.1. The van der Waals surface area contributed by atoms with Crippen molar-refractivity contribution in [3.63, 3.8) is 0 Å². The van der Waals surface area contributed by atoms with E-state index in [9.17, 15) is 4.39 Å². The van der Waals surface area contributed by atoms with E-state index in [0.717, 1.165) is 5.56 Å². The van der Waals surface area contributed by atoms with E-state index < -0.39 is 0 Å². The fraction of sp³-hybridized carbons (Fsp3) is 0.600. The van der Waals surface area contributed by atoms with Crippen LogP contribution < -0.4 is 0 Å². The van der Waals surface area contributed by atoms with Crippen molar-refractivity contribution < 1.29 is 4.39 Å². The van der Waals surface area contributed by atoms with E-state index in [1.807, 2.05) is 13.8 Å². The van der Waals surface area contributed by atoms with Gasteiger partial charge in [0.05, 0.1) is 6.67 Å². The van der Waals surface area contributed by atoms with E-state index in [1.165, 1.54) is 11.1 Å². The number of hydrogen-bond donors (Lipinski definition) is 0. The van der Waals surface area contributed by atoms with Gasteiger partial charge in [0.15, 0.2) is 0 Å². The molecule has 1 aromatic carbocycles. The van der Waals surface area contributed by atoms with Crippen LogP contribution in [0.5, 0.6) is 0 Å². The second-order valence-electron chi connectivity index (χ2n) is 6.36. The van der Waals surface area contributed by atoms with E-state index >= 15 is 0 Å². The maximum Gasteiger partial charge on any atom is 0.0985 e. The lowest BCUT2D eigenvalue weighted by Gasteiger charge is -2.26. The van der Waals surface area contributed by atoms with Crippen molar-refractivity contribution >= 4 is 0 Å². The summed E-state index contributed by atoms with van der Waals surface area (Å²) in [4.78, 5) is 0. The van der Waals surface area contributed by atoms with Crippen LogP contribution in [0.1, 0.15) is 51.3 Å². The quantitative estimate of drug-likeness (QED) is 0.689. The molecule has 0 aliphatic carbocycles. The molecule has 0 heterocycles. The Morgan fingerprint density at radius 1 is 0.938 bits per heavy atom. The highest BCUT2D eigenvalue weighted by molar-refractivity contribution is 5.37. The monoisotopic (exact) mass is 222 g/mol. The molecule has 0 aromatic heterocycles. The van der Waals surface area contributed by atoms with Gasteiger partial charge in [-0.15, -0.1) is 0 Å². The molecule has 0 aliphatic heterocycles. The SMILES string of the molecule is Cc1cc(C(C)(C)C)cc(C(C)(C)CF)c1. The Balaban J connectivity index is 3.29. The molecule has 0 saturated carbocycles. The van der Waals surface area contributed by atoms with Gasteiger partial charge in [0.2, 0.25) is 0 Å². The molecule has 0 N–H and O–H groups in total. The van der Waals surface area contributed by atoms with Gasteiger partial charge in [-0.1, -0.05) is 58.4 Å². The van der Waals surface area contributed by atoms with Crippen LogP contribution in [0.2, 0.25) is 0 Å². The summed E-state index contributed by atoms with van der Waals surface area (Å²) >= 11 is 0. The maximum atomic E-state index is 13.0. The van der Waals surface area contributed by atoms with Crippen LogP contribution >= 0.6 is 0 Å². The zero-order chi connectivity index (χ0) is 12.6. The van der Waals surface area contributed by atoms with Gasteiger partial charge >= 0.3 is 0 Å². The average molecular weight is 222 g/mol. The van der Waals surface area contributed by atoms with Crippen LogP contribution in [0.4, 0.5) is 4.39 Å². The van der Waals surface area contributed by atoms with Crippen molar-refractivity contribution in [1.82, 2.24) is 0 Å². The molecule has 1 aromatic rings. The van der Waals surface area contributed by atoms with Crippen molar-refractivity contribution in [2.24, 2.45) is 0 Å². The summed E-state index contributed by atoms with van der Waals surface area (Å²) < 4.78 is 13.0. The minimum atomic E-state index is -0.383. The van der Waals surface area contributed by atoms with Crippen LogP contribution in [0.25, 0.3) is 0 Å². The molecular weight excluding hydrogens is 199 g/mol. The molecular formula is C15H23F. The lowest BCUT2D eigenvalue weighted by Crippen LogP contribution is -2.21. The predicted octanol–water partition coefficient (Wildman–Crippen LogP) is 4.54. The fourth-order valence-electron chi connectivity index (χ4n) is 1.68. The van der Waals surface area contributed by atoms with Crippen molar-refractivity contribution in [1.29, 1.82) is 0 Å². The summed E-state index contributed by atoms with van der Waals surface area (Å²) in [6, 6.07) is 6.43. The van der Waals surface area contributed by atoms with Crippen molar-refractivity contribution in [3.8, 4) is 0 Å². The topological polar surface area (TPSA) is 0 Å². The molecule has 16 heavy (non-hydrogen) atoms. The Labute approximate surface area is 98.9 Å². The number of hydrogen-bond acceptors (Lipinski definition) is 0. The molecule has 0 atom stereocenters. The molecule has 1 rings (SSSR count). The van der Waals surface area contributed by atoms with Crippen LogP contribution in [0.15, 0.2) is 18.2 Å². The van der Waals surface area contributed by atoms with Crippen LogP contribution in [0, 0.1) is 6.92 Å². The molecule has 0 aliphatic rings. The molecule has 0 radical (unpaired) electrons. The van der Waals surface area contributed by atoms with Gasteiger partial charge in [-0.05, 0) is 23.5 Å². The van der Waals surface area contributed by atoms with Crippen LogP contribution in [0.3, 0.4) is 0 Å². The maximum absolute atomic E-state index is 13.0. The van der Waals surface area contributed by atoms with Crippen LogP contribution in [-0.2, 0) is 10.8 Å². The van der Waals surface area contributed by atoms with Crippen molar-refractivity contribution in [2.45, 2.75) is 52.4 Å². The van der Waals surface area contributed by atoms with E-state index in [1.54, 1.807) is 0 Å². The number of benzene rings is 1. The molecule has 1 heteroatoms. The second kappa shape index (κ2) is 4.20. The largest absolute Gasteiger partial charge is 0.250 e. The Kier molecular flexibility index (Phi) is 3.47. The number of alkyl halides is 1. The zero-order valence-electron chi connectivity index (χ0n) is 11.3. The van der Waals surface area contributed by atoms with E-state index in [4.69, 9.17) is 0 Å². The first-order valence-corrected chi connectivity index (χ1v) is 5.85. The third-order valence-electron chi connectivity index (χ3n) is 3.06. The Hall–Kier alpha value is -0.850. The van der Waals surface area contributed by atoms with Gasteiger partial charge in [-0.25, -0.2) is 0 Å². The lowest BCUT2D eigenvalue weighted by atomic mass is 9.79. The van der Waals surface area contributed by atoms with Gasteiger partial charge in [0, 0.05) is 5.41 Å². The summed E-state index contributed by atoms with van der Waals surface area (Å²) in [6.45, 7) is 12.2. The lowest BCUT2D eigenvalue weighted by molar-refractivity contribution is 0.350. The molecule has 0 nitrogen and oxygen atoms in total. The first kappa shape index (κ1) is 13.2.